The lowest BCUT2D eigenvalue weighted by Gasteiger charge is -2.32. The van der Waals surface area contributed by atoms with Gasteiger partial charge < -0.3 is 28.4 Å². The van der Waals surface area contributed by atoms with E-state index in [4.69, 9.17) is 28.4 Å². The van der Waals surface area contributed by atoms with Crippen LogP contribution < -0.4 is 0 Å². The number of unbranched alkanes of at least 4 members (excludes halogenated alkanes) is 18. The Bertz CT molecular complexity index is 690. The van der Waals surface area contributed by atoms with Crippen LogP contribution in [0.4, 0.5) is 0 Å². The van der Waals surface area contributed by atoms with E-state index in [9.17, 15) is 14.4 Å². The van der Waals surface area contributed by atoms with Gasteiger partial charge in [0.05, 0.1) is 39.6 Å². The van der Waals surface area contributed by atoms with Gasteiger partial charge in [-0.3, -0.25) is 14.4 Å². The van der Waals surface area contributed by atoms with Gasteiger partial charge in [0.2, 0.25) is 0 Å². The molecule has 0 radical (unpaired) electrons. The molecule has 9 heteroatoms. The topological polar surface area (TPSA) is 107 Å². The van der Waals surface area contributed by atoms with Gasteiger partial charge in [0.1, 0.15) is 19.8 Å². The molecule has 0 unspecified atom stereocenters. The Hall–Kier alpha value is -1.71. The lowest BCUT2D eigenvalue weighted by Crippen LogP contribution is -2.38. The zero-order valence-electron chi connectivity index (χ0n) is 33.7. The number of carbonyl (C=O) groups is 3. The summed E-state index contributed by atoms with van der Waals surface area (Å²) < 4.78 is 34.1. The molecule has 0 aromatic carbocycles. The van der Waals surface area contributed by atoms with E-state index in [2.05, 4.69) is 27.7 Å². The molecule has 0 aliphatic heterocycles. The first-order valence-corrected chi connectivity index (χ1v) is 21.1. The van der Waals surface area contributed by atoms with Gasteiger partial charge in [0.25, 0.3) is 0 Å². The van der Waals surface area contributed by atoms with Crippen LogP contribution in [0.5, 0.6) is 0 Å². The Morgan fingerprint density at radius 3 is 0.863 bits per heavy atom. The second kappa shape index (κ2) is 38.0. The van der Waals surface area contributed by atoms with Crippen molar-refractivity contribution in [3.8, 4) is 0 Å². The second-order valence-electron chi connectivity index (χ2n) is 14.3. The van der Waals surface area contributed by atoms with Crippen molar-refractivity contribution in [1.29, 1.82) is 0 Å². The van der Waals surface area contributed by atoms with Crippen LogP contribution in [0, 0.1) is 5.41 Å². The summed E-state index contributed by atoms with van der Waals surface area (Å²) in [5.41, 5.74) is -0.453. The largest absolute Gasteiger partial charge is 0.463 e. The number of esters is 3. The molecule has 0 spiro atoms. The van der Waals surface area contributed by atoms with Crippen molar-refractivity contribution in [3.05, 3.63) is 0 Å². The van der Waals surface area contributed by atoms with Crippen LogP contribution in [-0.2, 0) is 42.8 Å². The van der Waals surface area contributed by atoms with E-state index < -0.39 is 5.41 Å². The zero-order chi connectivity index (χ0) is 37.5. The molecule has 0 rings (SSSR count). The summed E-state index contributed by atoms with van der Waals surface area (Å²) in [5.74, 6) is -0.532. The molecule has 9 nitrogen and oxygen atoms in total. The molecule has 0 atom stereocenters. The molecule has 0 bridgehead atoms. The number of ether oxygens (including phenoxy) is 6. The summed E-state index contributed by atoms with van der Waals surface area (Å²) in [5, 5.41) is 0. The third-order valence-electron chi connectivity index (χ3n) is 9.40. The fourth-order valence-corrected chi connectivity index (χ4v) is 5.84. The molecule has 0 N–H and O–H groups in total. The Labute approximate surface area is 313 Å². The quantitative estimate of drug-likeness (QED) is 0.0346. The Morgan fingerprint density at radius 2 is 0.608 bits per heavy atom. The van der Waals surface area contributed by atoms with Crippen molar-refractivity contribution in [2.24, 2.45) is 5.41 Å². The number of hydrogen-bond donors (Lipinski definition) is 0. The van der Waals surface area contributed by atoms with Crippen molar-refractivity contribution in [2.45, 2.75) is 188 Å². The first-order valence-electron chi connectivity index (χ1n) is 21.1. The van der Waals surface area contributed by atoms with Crippen molar-refractivity contribution < 1.29 is 42.8 Å². The van der Waals surface area contributed by atoms with E-state index in [0.29, 0.717) is 39.1 Å². The van der Waals surface area contributed by atoms with Gasteiger partial charge in [0, 0.05) is 24.7 Å². The molecule has 0 heterocycles. The molecule has 0 aliphatic carbocycles. The Kier molecular flexibility index (Phi) is 36.8. The van der Waals surface area contributed by atoms with Crippen molar-refractivity contribution >= 4 is 17.9 Å². The molecule has 302 valence electrons. The minimum atomic E-state index is -0.453. The summed E-state index contributed by atoms with van der Waals surface area (Å²) >= 11 is 0. The van der Waals surface area contributed by atoms with Gasteiger partial charge >= 0.3 is 17.9 Å². The van der Waals surface area contributed by atoms with Crippen LogP contribution in [0.2, 0.25) is 0 Å². The minimum Gasteiger partial charge on any atom is -0.463 e. The molecule has 0 amide bonds. The van der Waals surface area contributed by atoms with Crippen LogP contribution in [0.25, 0.3) is 0 Å². The number of rotatable bonds is 40. The number of hydrogen-bond acceptors (Lipinski definition) is 9. The molecule has 0 aromatic rings. The van der Waals surface area contributed by atoms with E-state index in [1.807, 2.05) is 0 Å². The summed E-state index contributed by atoms with van der Waals surface area (Å²) in [4.78, 5) is 36.5. The summed E-state index contributed by atoms with van der Waals surface area (Å²) in [6.45, 7) is 11.3. The van der Waals surface area contributed by atoms with Crippen LogP contribution in [0.15, 0.2) is 0 Å². The zero-order valence-corrected chi connectivity index (χ0v) is 33.7. The Morgan fingerprint density at radius 1 is 0.353 bits per heavy atom. The van der Waals surface area contributed by atoms with E-state index in [1.165, 1.54) is 96.3 Å². The van der Waals surface area contributed by atoms with E-state index in [1.54, 1.807) is 0 Å². The maximum atomic E-state index is 12.2. The molecule has 0 saturated carbocycles. The molecular formula is C42H80O9. The fourth-order valence-electron chi connectivity index (χ4n) is 5.84. The van der Waals surface area contributed by atoms with Crippen molar-refractivity contribution in [3.63, 3.8) is 0 Å². The highest BCUT2D eigenvalue weighted by molar-refractivity contribution is 5.69. The smallest absolute Gasteiger partial charge is 0.305 e. The summed E-state index contributed by atoms with van der Waals surface area (Å²) in [6.07, 6.45) is 26.4. The predicted molar refractivity (Wildman–Crippen MR) is 206 cm³/mol. The third kappa shape index (κ3) is 33.8. The van der Waals surface area contributed by atoms with Crippen LogP contribution >= 0.6 is 0 Å². The average molecular weight is 729 g/mol. The lowest BCUT2D eigenvalue weighted by molar-refractivity contribution is -0.147. The molecule has 51 heavy (non-hydrogen) atoms. The van der Waals surface area contributed by atoms with Crippen molar-refractivity contribution in [2.75, 3.05) is 59.5 Å². The van der Waals surface area contributed by atoms with Crippen LogP contribution in [0.3, 0.4) is 0 Å². The van der Waals surface area contributed by atoms with E-state index in [0.717, 1.165) is 44.9 Å². The monoisotopic (exact) mass is 729 g/mol. The van der Waals surface area contributed by atoms with Gasteiger partial charge in [-0.25, -0.2) is 0 Å². The minimum absolute atomic E-state index is 0.177. The SMILES string of the molecule is CCCCCCCCCC(=O)OCCOCC(CC)(COCCOC(=O)CCCCCCCCC)COCCOC(=O)CCCCCCCCC. The van der Waals surface area contributed by atoms with Crippen molar-refractivity contribution in [1.82, 2.24) is 0 Å². The highest BCUT2D eigenvalue weighted by atomic mass is 16.6. The summed E-state index contributed by atoms with van der Waals surface area (Å²) in [6, 6.07) is 0. The van der Waals surface area contributed by atoms with Gasteiger partial charge in [-0.1, -0.05) is 143 Å². The normalized spacial score (nSPS) is 11.5. The first-order chi connectivity index (χ1) is 24.9. The molecule has 0 aliphatic rings. The lowest BCUT2D eigenvalue weighted by atomic mass is 9.88. The first kappa shape index (κ1) is 49.3. The molecule has 0 fully saturated rings. The standard InChI is InChI=1S/C42H80O9/c1-5-9-12-15-18-21-24-27-39(43)49-33-30-46-36-42(8-4,37-47-31-34-50-40(44)28-25-22-19-16-13-10-6-2)38-48-32-35-51-41(45)29-26-23-20-17-14-11-7-3/h5-38H2,1-4H3. The average Bonchev–Trinajstić information content (AvgIpc) is 3.13. The molecular weight excluding hydrogens is 648 g/mol. The van der Waals surface area contributed by atoms with Gasteiger partial charge in [-0.2, -0.15) is 0 Å². The van der Waals surface area contributed by atoms with E-state index in [-0.39, 0.29) is 57.5 Å². The van der Waals surface area contributed by atoms with E-state index >= 15 is 0 Å². The fraction of sp³-hybridized carbons (Fsp3) is 0.929. The Balaban J connectivity index is 4.52. The molecule has 0 saturated heterocycles. The summed E-state index contributed by atoms with van der Waals surface area (Å²) in [7, 11) is 0. The maximum absolute atomic E-state index is 12.2. The van der Waals surface area contributed by atoms with Gasteiger partial charge in [-0.15, -0.1) is 0 Å². The highest BCUT2D eigenvalue weighted by Gasteiger charge is 2.30. The van der Waals surface area contributed by atoms with Gasteiger partial charge in [-0.05, 0) is 25.7 Å². The maximum Gasteiger partial charge on any atom is 0.305 e. The highest BCUT2D eigenvalue weighted by Crippen LogP contribution is 2.24. The molecule has 0 aromatic heterocycles. The predicted octanol–water partition coefficient (Wildman–Crippen LogP) is 10.5. The third-order valence-corrected chi connectivity index (χ3v) is 9.40. The van der Waals surface area contributed by atoms with Crippen LogP contribution in [0.1, 0.15) is 188 Å². The van der Waals surface area contributed by atoms with Crippen LogP contribution in [-0.4, -0.2) is 77.4 Å². The number of carbonyl (C=O) groups excluding carboxylic acids is 3. The van der Waals surface area contributed by atoms with Gasteiger partial charge in [0.15, 0.2) is 0 Å². The second-order valence-corrected chi connectivity index (χ2v) is 14.3.